The maximum Gasteiger partial charge on any atom is 0.269 e. The van der Waals surface area contributed by atoms with Crippen molar-refractivity contribution in [3.8, 4) is 11.1 Å². The second-order valence-corrected chi connectivity index (χ2v) is 12.2. The van der Waals surface area contributed by atoms with Crippen LogP contribution in [0.4, 0.5) is 10.2 Å². The predicted molar refractivity (Wildman–Crippen MR) is 155 cm³/mol. The minimum absolute atomic E-state index is 0.0159. The predicted octanol–water partition coefficient (Wildman–Crippen LogP) is 6.54. The van der Waals surface area contributed by atoms with Crippen molar-refractivity contribution < 1.29 is 14.0 Å². The van der Waals surface area contributed by atoms with E-state index in [1.54, 1.807) is 12.3 Å². The molecular weight excluding hydrogens is 517 g/mol. The maximum atomic E-state index is 13.9. The molecule has 1 unspecified atom stereocenters. The summed E-state index contributed by atoms with van der Waals surface area (Å²) < 4.78 is 13.7. The van der Waals surface area contributed by atoms with E-state index in [9.17, 15) is 14.0 Å². The number of aromatic nitrogens is 3. The lowest BCUT2D eigenvalue weighted by atomic mass is 9.62. The van der Waals surface area contributed by atoms with E-state index in [4.69, 9.17) is 0 Å². The number of H-pyrrole nitrogens is 1. The number of carbonyl (C=O) groups is 2. The van der Waals surface area contributed by atoms with E-state index in [1.165, 1.54) is 18.6 Å². The van der Waals surface area contributed by atoms with Crippen molar-refractivity contribution in [2.45, 2.75) is 63.7 Å². The third-order valence-corrected chi connectivity index (χ3v) is 9.20. The maximum absolute atomic E-state index is 13.9. The first-order valence-corrected chi connectivity index (χ1v) is 14.8. The number of ketones is 1. The second kappa shape index (κ2) is 10.4. The highest BCUT2D eigenvalue weighted by atomic mass is 19.1. The number of halogens is 1. The summed E-state index contributed by atoms with van der Waals surface area (Å²) in [5, 5.41) is 14.0. The van der Waals surface area contributed by atoms with Gasteiger partial charge in [0.2, 0.25) is 0 Å². The summed E-state index contributed by atoms with van der Waals surface area (Å²) in [6.07, 6.45) is 15.0. The topological polar surface area (TPSA) is 99.8 Å². The lowest BCUT2D eigenvalue weighted by Gasteiger charge is -2.43. The molecular formula is C33H34FN5O2. The highest BCUT2D eigenvalue weighted by Gasteiger charge is 2.45. The molecule has 210 valence electrons. The van der Waals surface area contributed by atoms with Crippen LogP contribution in [0.5, 0.6) is 0 Å². The molecule has 3 heterocycles. The van der Waals surface area contributed by atoms with E-state index >= 15 is 0 Å². The molecule has 1 aliphatic heterocycles. The largest absolute Gasteiger partial charge is 0.350 e. The lowest BCUT2D eigenvalue weighted by Crippen LogP contribution is -2.38. The van der Waals surface area contributed by atoms with Crippen molar-refractivity contribution >= 4 is 23.6 Å². The monoisotopic (exact) mass is 551 g/mol. The Kier molecular flexibility index (Phi) is 6.56. The summed E-state index contributed by atoms with van der Waals surface area (Å²) in [6, 6.07) is 10.2. The van der Waals surface area contributed by atoms with Gasteiger partial charge in [0.15, 0.2) is 11.6 Å². The molecule has 1 atom stereocenters. The summed E-state index contributed by atoms with van der Waals surface area (Å²) >= 11 is 0. The van der Waals surface area contributed by atoms with E-state index in [-0.39, 0.29) is 22.9 Å². The van der Waals surface area contributed by atoms with Crippen LogP contribution in [-0.4, -0.2) is 33.4 Å². The minimum Gasteiger partial charge on any atom is -0.350 e. The van der Waals surface area contributed by atoms with Crippen molar-refractivity contribution in [3.05, 3.63) is 82.7 Å². The Labute approximate surface area is 238 Å². The normalized spacial score (nSPS) is 21.5. The number of hydrogen-bond acceptors (Lipinski definition) is 5. The van der Waals surface area contributed by atoms with Gasteiger partial charge in [0.1, 0.15) is 11.5 Å². The summed E-state index contributed by atoms with van der Waals surface area (Å²) in [7, 11) is 0. The summed E-state index contributed by atoms with van der Waals surface area (Å²) in [5.41, 5.74) is 5.09. The fraction of sp³-hybridized carbons (Fsp3) is 0.394. The molecule has 1 spiro atoms. The van der Waals surface area contributed by atoms with Crippen molar-refractivity contribution in [1.82, 2.24) is 20.5 Å². The fourth-order valence-electron chi connectivity index (χ4n) is 6.85. The van der Waals surface area contributed by atoms with E-state index in [0.29, 0.717) is 41.7 Å². The van der Waals surface area contributed by atoms with Crippen molar-refractivity contribution in [2.75, 3.05) is 11.9 Å². The Bertz CT molecular complexity index is 1560. The number of carbonyl (C=O) groups excluding carboxylic acids is 2. The standard InChI is InChI=1S/C33H34FN5O2/c34-23-6-4-5-21(15-23)22-9-10-24(35-19-22)11-12-25-28-26(16-33(17-27(28)40)13-2-1-3-14-33)37-31-29(25)30(38-39-31)32(41)36-18-20-7-8-20/h4-6,9-12,15,19-20,25H,1-3,7-8,13-14,16-18H2,(H,36,41)(H2,37,38,39)/b12-11+. The number of fused-ring (bicyclic) bond motifs is 1. The van der Waals surface area contributed by atoms with E-state index in [0.717, 1.165) is 67.3 Å². The first-order chi connectivity index (χ1) is 20.0. The van der Waals surface area contributed by atoms with Crippen LogP contribution >= 0.6 is 0 Å². The number of amides is 1. The number of nitrogens with zero attached hydrogens (tertiary/aromatic N) is 2. The molecule has 0 saturated heterocycles. The number of anilines is 1. The van der Waals surface area contributed by atoms with Crippen molar-refractivity contribution in [1.29, 1.82) is 0 Å². The Balaban J connectivity index is 1.23. The molecule has 3 aromatic rings. The van der Waals surface area contributed by atoms with Gasteiger partial charge >= 0.3 is 0 Å². The number of pyridine rings is 1. The van der Waals surface area contributed by atoms with Gasteiger partial charge in [-0.1, -0.05) is 43.5 Å². The molecule has 0 bridgehead atoms. The third-order valence-electron chi connectivity index (χ3n) is 9.20. The molecule has 8 heteroatoms. The molecule has 4 aliphatic rings. The van der Waals surface area contributed by atoms with Gasteiger partial charge in [-0.25, -0.2) is 4.39 Å². The Morgan fingerprint density at radius 2 is 1.95 bits per heavy atom. The van der Waals surface area contributed by atoms with E-state index < -0.39 is 5.92 Å². The van der Waals surface area contributed by atoms with Gasteiger partial charge in [-0.05, 0) is 73.3 Å². The minimum atomic E-state index is -0.417. The number of hydrogen-bond donors (Lipinski definition) is 3. The molecule has 3 N–H and O–H groups in total. The zero-order chi connectivity index (χ0) is 28.0. The number of benzene rings is 1. The van der Waals surface area contributed by atoms with Gasteiger partial charge in [-0.15, -0.1) is 0 Å². The molecule has 7 nitrogen and oxygen atoms in total. The fourth-order valence-corrected chi connectivity index (χ4v) is 6.85. The Hall–Kier alpha value is -4.07. The van der Waals surface area contributed by atoms with Crippen LogP contribution in [0.2, 0.25) is 0 Å². The third kappa shape index (κ3) is 5.11. The van der Waals surface area contributed by atoms with Crippen LogP contribution in [0.1, 0.15) is 85.5 Å². The molecule has 41 heavy (non-hydrogen) atoms. The highest BCUT2D eigenvalue weighted by molar-refractivity contribution is 6.03. The van der Waals surface area contributed by atoms with Gasteiger partial charge in [-0.3, -0.25) is 19.7 Å². The average Bonchev–Trinajstić information content (AvgIpc) is 3.71. The van der Waals surface area contributed by atoms with Crippen molar-refractivity contribution in [2.24, 2.45) is 11.3 Å². The Morgan fingerprint density at radius 3 is 2.71 bits per heavy atom. The summed E-state index contributed by atoms with van der Waals surface area (Å²) in [6.45, 7) is 0.650. The molecule has 7 rings (SSSR count). The van der Waals surface area contributed by atoms with Crippen molar-refractivity contribution in [3.63, 3.8) is 0 Å². The number of allylic oxidation sites excluding steroid dienone is 3. The average molecular weight is 552 g/mol. The number of aromatic amines is 1. The first-order valence-electron chi connectivity index (χ1n) is 14.8. The molecule has 0 radical (unpaired) electrons. The molecule has 2 saturated carbocycles. The van der Waals surface area contributed by atoms with Crippen LogP contribution < -0.4 is 10.6 Å². The van der Waals surface area contributed by atoms with Crippen LogP contribution in [0.3, 0.4) is 0 Å². The van der Waals surface area contributed by atoms with E-state index in [1.807, 2.05) is 30.4 Å². The molecule has 1 aromatic carbocycles. The molecule has 1 amide bonds. The van der Waals surface area contributed by atoms with Crippen LogP contribution in [0.25, 0.3) is 17.2 Å². The summed E-state index contributed by atoms with van der Waals surface area (Å²) in [4.78, 5) is 31.7. The van der Waals surface area contributed by atoms with Gasteiger partial charge in [-0.2, -0.15) is 5.10 Å². The highest BCUT2D eigenvalue weighted by Crippen LogP contribution is 2.52. The Morgan fingerprint density at radius 1 is 1.10 bits per heavy atom. The number of Topliss-reactive ketones (excluding diaryl/α,β-unsaturated/α-hetero) is 1. The quantitative estimate of drug-likeness (QED) is 0.323. The molecule has 2 fully saturated rings. The lowest BCUT2D eigenvalue weighted by molar-refractivity contribution is -0.119. The van der Waals surface area contributed by atoms with Crippen LogP contribution in [0, 0.1) is 17.2 Å². The molecule has 3 aliphatic carbocycles. The number of rotatable bonds is 6. The SMILES string of the molecule is O=C1CC2(CCCCC2)CC2=C1C(/C=C/c1ccc(-c3cccc(F)c3)cn1)c1c(n[nH]c1C(=O)NCC1CC1)N2. The smallest absolute Gasteiger partial charge is 0.269 e. The van der Waals surface area contributed by atoms with Gasteiger partial charge in [0, 0.05) is 47.5 Å². The van der Waals surface area contributed by atoms with Gasteiger partial charge < -0.3 is 10.6 Å². The number of nitrogens with one attached hydrogen (secondary N) is 3. The first kappa shape index (κ1) is 25.9. The zero-order valence-corrected chi connectivity index (χ0v) is 23.0. The second-order valence-electron chi connectivity index (χ2n) is 12.2. The van der Waals surface area contributed by atoms with Gasteiger partial charge in [0.25, 0.3) is 5.91 Å². The van der Waals surface area contributed by atoms with Crippen LogP contribution in [0.15, 0.2) is 59.9 Å². The zero-order valence-electron chi connectivity index (χ0n) is 23.0. The van der Waals surface area contributed by atoms with Gasteiger partial charge in [0.05, 0.1) is 5.69 Å². The van der Waals surface area contributed by atoms with E-state index in [2.05, 4.69) is 25.8 Å². The molecule has 2 aromatic heterocycles. The van der Waals surface area contributed by atoms with Crippen LogP contribution in [-0.2, 0) is 4.79 Å². The summed E-state index contributed by atoms with van der Waals surface area (Å²) in [5.74, 6) is 0.417.